The molecule has 7 nitrogen and oxygen atoms in total. The highest BCUT2D eigenvalue weighted by Gasteiger charge is 2.36. The van der Waals surface area contributed by atoms with Gasteiger partial charge in [0, 0.05) is 0 Å². The minimum absolute atomic E-state index is 0.226. The Morgan fingerprint density at radius 3 is 3.00 bits per heavy atom. The van der Waals surface area contributed by atoms with Crippen molar-refractivity contribution in [1.29, 1.82) is 0 Å². The molecular weight excluding hydrogens is 262 g/mol. The highest BCUT2D eigenvalue weighted by molar-refractivity contribution is 6.29. The van der Waals surface area contributed by atoms with Gasteiger partial charge in [0.2, 0.25) is 5.91 Å². The van der Waals surface area contributed by atoms with Crippen molar-refractivity contribution in [3.63, 3.8) is 0 Å². The largest absolute Gasteiger partial charge is 0.467 e. The number of nitrogens with one attached hydrogen (secondary N) is 2. The van der Waals surface area contributed by atoms with Crippen molar-refractivity contribution in [2.24, 2.45) is 0 Å². The second-order valence-corrected chi connectivity index (χ2v) is 4.00. The van der Waals surface area contributed by atoms with E-state index >= 15 is 0 Å². The Hall–Kier alpha value is -1.86. The lowest BCUT2D eigenvalue weighted by atomic mass is 10.1. The monoisotopic (exact) mass is 271 g/mol. The Labute approximate surface area is 107 Å². The van der Waals surface area contributed by atoms with Crippen LogP contribution in [0.1, 0.15) is 0 Å². The number of hydrogen-bond donors (Lipinski definition) is 3. The molecule has 0 aromatic carbocycles. The zero-order valence-electron chi connectivity index (χ0n) is 9.31. The molecule has 0 spiro atoms. The van der Waals surface area contributed by atoms with Crippen molar-refractivity contribution in [3.05, 3.63) is 17.3 Å². The molecule has 96 valence electrons. The number of halogens is 1. The predicted molar refractivity (Wildman–Crippen MR) is 63.3 cm³/mol. The van der Waals surface area contributed by atoms with Crippen LogP contribution in [0.2, 0.25) is 5.15 Å². The van der Waals surface area contributed by atoms with E-state index in [1.54, 1.807) is 6.07 Å². The predicted octanol–water partition coefficient (Wildman–Crippen LogP) is 0.00150. The standard InChI is InChI=1S/C10H10ClN3O4/c1-18-10(17)7(15)6-9(16)12-4-2-3-5(11)13-8(4)14-6/h2-3,6-7,15H,1H3,(H,12,16)(H,13,14)/t6-,7?/m0/s1. The van der Waals surface area contributed by atoms with E-state index in [9.17, 15) is 14.7 Å². The fourth-order valence-corrected chi connectivity index (χ4v) is 1.70. The first-order valence-electron chi connectivity index (χ1n) is 5.03. The molecule has 2 atom stereocenters. The van der Waals surface area contributed by atoms with E-state index < -0.39 is 24.0 Å². The summed E-state index contributed by atoms with van der Waals surface area (Å²) in [6, 6.07) is 1.91. The topological polar surface area (TPSA) is 101 Å². The molecule has 0 bridgehead atoms. The van der Waals surface area contributed by atoms with E-state index in [-0.39, 0.29) is 11.0 Å². The van der Waals surface area contributed by atoms with Crippen LogP contribution < -0.4 is 10.6 Å². The molecule has 0 radical (unpaired) electrons. The van der Waals surface area contributed by atoms with Gasteiger partial charge < -0.3 is 20.5 Å². The maximum atomic E-state index is 11.7. The minimum Gasteiger partial charge on any atom is -0.467 e. The molecule has 1 unspecified atom stereocenters. The smallest absolute Gasteiger partial charge is 0.337 e. The number of aliphatic hydroxyl groups is 1. The van der Waals surface area contributed by atoms with Gasteiger partial charge in [-0.05, 0) is 12.1 Å². The Morgan fingerprint density at radius 1 is 1.61 bits per heavy atom. The van der Waals surface area contributed by atoms with E-state index in [1.165, 1.54) is 6.07 Å². The molecule has 0 saturated heterocycles. The van der Waals surface area contributed by atoms with Crippen molar-refractivity contribution in [2.75, 3.05) is 17.7 Å². The van der Waals surface area contributed by atoms with Gasteiger partial charge in [-0.1, -0.05) is 11.6 Å². The molecule has 1 amide bonds. The number of methoxy groups -OCH3 is 1. The third-order valence-electron chi connectivity index (χ3n) is 2.45. The SMILES string of the molecule is COC(=O)C(O)[C@@H]1Nc2nc(Cl)ccc2NC1=O. The number of nitrogens with zero attached hydrogens (tertiary/aromatic N) is 1. The number of rotatable bonds is 2. The molecule has 3 N–H and O–H groups in total. The van der Waals surface area contributed by atoms with Crippen LogP contribution in [-0.4, -0.2) is 41.2 Å². The van der Waals surface area contributed by atoms with E-state index in [0.717, 1.165) is 7.11 Å². The zero-order valence-corrected chi connectivity index (χ0v) is 10.1. The van der Waals surface area contributed by atoms with Crippen LogP contribution >= 0.6 is 11.6 Å². The Balaban J connectivity index is 2.27. The van der Waals surface area contributed by atoms with E-state index in [2.05, 4.69) is 20.4 Å². The Bertz CT molecular complexity index is 508. The summed E-state index contributed by atoms with van der Waals surface area (Å²) in [7, 11) is 1.12. The summed E-state index contributed by atoms with van der Waals surface area (Å²) < 4.78 is 4.37. The molecule has 1 aromatic heterocycles. The van der Waals surface area contributed by atoms with Crippen LogP contribution in [-0.2, 0) is 14.3 Å². The van der Waals surface area contributed by atoms with Crippen LogP contribution in [0.15, 0.2) is 12.1 Å². The third-order valence-corrected chi connectivity index (χ3v) is 2.66. The zero-order chi connectivity index (χ0) is 13.3. The number of fused-ring (bicyclic) bond motifs is 1. The van der Waals surface area contributed by atoms with Gasteiger partial charge in [-0.15, -0.1) is 0 Å². The summed E-state index contributed by atoms with van der Waals surface area (Å²) in [6.45, 7) is 0. The number of carbonyl (C=O) groups excluding carboxylic acids is 2. The first kappa shape index (κ1) is 12.6. The minimum atomic E-state index is -1.62. The highest BCUT2D eigenvalue weighted by atomic mass is 35.5. The van der Waals surface area contributed by atoms with Crippen molar-refractivity contribution in [1.82, 2.24) is 4.98 Å². The molecule has 2 rings (SSSR count). The number of amides is 1. The van der Waals surface area contributed by atoms with Crippen molar-refractivity contribution in [3.8, 4) is 0 Å². The van der Waals surface area contributed by atoms with Gasteiger partial charge in [-0.25, -0.2) is 9.78 Å². The lowest BCUT2D eigenvalue weighted by molar-refractivity contribution is -0.152. The molecule has 2 heterocycles. The molecule has 0 aliphatic carbocycles. The Kier molecular flexibility index (Phi) is 3.35. The third kappa shape index (κ3) is 2.22. The molecule has 0 fully saturated rings. The number of aliphatic hydroxyl groups excluding tert-OH is 1. The Morgan fingerprint density at radius 2 is 2.33 bits per heavy atom. The molecule has 1 aliphatic rings. The summed E-state index contributed by atoms with van der Waals surface area (Å²) in [4.78, 5) is 26.8. The maximum Gasteiger partial charge on any atom is 0.337 e. The number of carbonyl (C=O) groups is 2. The number of pyridine rings is 1. The summed E-state index contributed by atoms with van der Waals surface area (Å²) in [5.74, 6) is -1.17. The first-order chi connectivity index (χ1) is 8.52. The second kappa shape index (κ2) is 4.79. The summed E-state index contributed by atoms with van der Waals surface area (Å²) >= 11 is 5.71. The van der Waals surface area contributed by atoms with Gasteiger partial charge in [0.25, 0.3) is 0 Å². The average molecular weight is 272 g/mol. The quantitative estimate of drug-likeness (QED) is 0.517. The highest BCUT2D eigenvalue weighted by Crippen LogP contribution is 2.27. The average Bonchev–Trinajstić information content (AvgIpc) is 2.36. The van der Waals surface area contributed by atoms with Gasteiger partial charge in [0.05, 0.1) is 12.8 Å². The van der Waals surface area contributed by atoms with Gasteiger partial charge in [-0.3, -0.25) is 4.79 Å². The van der Waals surface area contributed by atoms with Crippen LogP contribution in [0.25, 0.3) is 0 Å². The molecule has 1 aliphatic heterocycles. The molecule has 8 heteroatoms. The normalized spacial score (nSPS) is 19.3. The van der Waals surface area contributed by atoms with Crippen molar-refractivity contribution >= 4 is 35.0 Å². The second-order valence-electron chi connectivity index (χ2n) is 3.61. The van der Waals surface area contributed by atoms with Crippen LogP contribution in [0.3, 0.4) is 0 Å². The van der Waals surface area contributed by atoms with Gasteiger partial charge in [0.15, 0.2) is 11.9 Å². The number of aromatic nitrogens is 1. The summed E-state index contributed by atoms with van der Waals surface area (Å²) in [5, 5.41) is 15.0. The van der Waals surface area contributed by atoms with E-state index in [1.807, 2.05) is 0 Å². The van der Waals surface area contributed by atoms with Crippen LogP contribution in [0.4, 0.5) is 11.5 Å². The fourth-order valence-electron chi connectivity index (χ4n) is 1.55. The summed E-state index contributed by atoms with van der Waals surface area (Å²) in [5.41, 5.74) is 0.428. The van der Waals surface area contributed by atoms with E-state index in [0.29, 0.717) is 5.69 Å². The van der Waals surface area contributed by atoms with Gasteiger partial charge >= 0.3 is 5.97 Å². The molecule has 1 aromatic rings. The van der Waals surface area contributed by atoms with Gasteiger partial charge in [-0.2, -0.15) is 0 Å². The van der Waals surface area contributed by atoms with Crippen LogP contribution in [0.5, 0.6) is 0 Å². The number of anilines is 2. The number of esters is 1. The lowest BCUT2D eigenvalue weighted by Gasteiger charge is -2.27. The number of ether oxygens (including phenoxy) is 1. The lowest BCUT2D eigenvalue weighted by Crippen LogP contribution is -2.50. The number of hydrogen-bond acceptors (Lipinski definition) is 6. The first-order valence-corrected chi connectivity index (χ1v) is 5.40. The maximum absolute atomic E-state index is 11.7. The summed E-state index contributed by atoms with van der Waals surface area (Å²) in [6.07, 6.45) is -1.62. The molecule has 18 heavy (non-hydrogen) atoms. The molecule has 0 saturated carbocycles. The van der Waals surface area contributed by atoms with Crippen molar-refractivity contribution < 1.29 is 19.4 Å². The van der Waals surface area contributed by atoms with E-state index in [4.69, 9.17) is 11.6 Å². The van der Waals surface area contributed by atoms with Crippen molar-refractivity contribution in [2.45, 2.75) is 12.1 Å². The van der Waals surface area contributed by atoms with Crippen LogP contribution in [0, 0.1) is 0 Å². The molecular formula is C10H10ClN3O4. The fraction of sp³-hybridized carbons (Fsp3) is 0.300. The van der Waals surface area contributed by atoms with Gasteiger partial charge in [0.1, 0.15) is 11.2 Å².